The number of hydrogen-bond donors (Lipinski definition) is 2. The summed E-state index contributed by atoms with van der Waals surface area (Å²) >= 11 is 0. The van der Waals surface area contributed by atoms with Gasteiger partial charge in [0.2, 0.25) is 17.7 Å². The van der Waals surface area contributed by atoms with E-state index >= 15 is 0 Å². The maximum absolute atomic E-state index is 13.9. The minimum atomic E-state index is -1.22. The van der Waals surface area contributed by atoms with E-state index in [0.29, 0.717) is 24.8 Å². The predicted molar refractivity (Wildman–Crippen MR) is 131 cm³/mol. The van der Waals surface area contributed by atoms with Crippen LogP contribution in [0.3, 0.4) is 0 Å². The normalized spacial score (nSPS) is 30.2. The first-order valence-electron chi connectivity index (χ1n) is 12.4. The second kappa shape index (κ2) is 8.89. The Morgan fingerprint density at radius 1 is 1.17 bits per heavy atom. The van der Waals surface area contributed by atoms with Crippen LogP contribution < -0.4 is 10.6 Å². The number of carbonyl (C=O) groups excluding carboxylic acids is 3. The van der Waals surface area contributed by atoms with Crippen LogP contribution >= 0.6 is 0 Å². The minimum Gasteiger partial charge on any atom is -0.360 e. The number of rotatable bonds is 8. The number of nitrogens with zero attached hydrogens (tertiary/aromatic N) is 2. The Labute approximate surface area is 210 Å². The highest BCUT2D eigenvalue weighted by Crippen LogP contribution is 2.59. The average Bonchev–Trinajstić information content (AvgIpc) is 3.54. The quantitative estimate of drug-likeness (QED) is 0.548. The first-order chi connectivity index (χ1) is 17.1. The largest absolute Gasteiger partial charge is 0.360 e. The predicted octanol–water partition coefficient (Wildman–Crippen LogP) is 2.82. The Morgan fingerprint density at radius 2 is 1.92 bits per heavy atom. The second-order valence-electron chi connectivity index (χ2n) is 10.6. The summed E-state index contributed by atoms with van der Waals surface area (Å²) in [5, 5.41) is 9.62. The SMILES string of the molecule is Cc1cc(NC(=O)C2C3C(=O)N(CCC(C)C)C(C(=O)NCc4ccccc4)C34C=CC2(C)O4)no1. The molecule has 0 radical (unpaired) electrons. The number of amides is 3. The Balaban J connectivity index is 1.46. The molecule has 5 atom stereocenters. The fourth-order valence-corrected chi connectivity index (χ4v) is 5.78. The highest BCUT2D eigenvalue weighted by Gasteiger charge is 2.76. The lowest BCUT2D eigenvalue weighted by Crippen LogP contribution is -2.54. The Morgan fingerprint density at radius 3 is 2.58 bits per heavy atom. The zero-order valence-electron chi connectivity index (χ0n) is 21.0. The van der Waals surface area contributed by atoms with E-state index < -0.39 is 29.1 Å². The first-order valence-corrected chi connectivity index (χ1v) is 12.4. The summed E-state index contributed by atoms with van der Waals surface area (Å²) in [5.74, 6) is -1.38. The topological polar surface area (TPSA) is 114 Å². The Kier molecular flexibility index (Phi) is 5.98. The van der Waals surface area contributed by atoms with E-state index in [4.69, 9.17) is 9.26 Å². The first kappa shape index (κ1) is 24.2. The van der Waals surface area contributed by atoms with Gasteiger partial charge in [-0.2, -0.15) is 0 Å². The lowest BCUT2D eigenvalue weighted by atomic mass is 9.70. The molecule has 1 spiro atoms. The highest BCUT2D eigenvalue weighted by molar-refractivity contribution is 6.03. The maximum Gasteiger partial charge on any atom is 0.246 e. The molecule has 190 valence electrons. The van der Waals surface area contributed by atoms with Crippen molar-refractivity contribution in [1.29, 1.82) is 0 Å². The molecule has 3 aliphatic heterocycles. The molecule has 5 rings (SSSR count). The minimum absolute atomic E-state index is 0.236. The number of aromatic nitrogens is 1. The molecule has 9 heteroatoms. The molecule has 1 aromatic carbocycles. The lowest BCUT2D eigenvalue weighted by Gasteiger charge is -2.33. The van der Waals surface area contributed by atoms with Gasteiger partial charge in [0.05, 0.1) is 17.4 Å². The van der Waals surface area contributed by atoms with Gasteiger partial charge in [0.15, 0.2) is 5.82 Å². The lowest BCUT2D eigenvalue weighted by molar-refractivity contribution is -0.144. The van der Waals surface area contributed by atoms with E-state index in [-0.39, 0.29) is 23.5 Å². The van der Waals surface area contributed by atoms with Gasteiger partial charge in [0, 0.05) is 19.2 Å². The molecule has 4 heterocycles. The van der Waals surface area contributed by atoms with Crippen molar-refractivity contribution in [2.45, 2.75) is 57.9 Å². The molecule has 3 amide bonds. The van der Waals surface area contributed by atoms with Gasteiger partial charge in [0.25, 0.3) is 0 Å². The summed E-state index contributed by atoms with van der Waals surface area (Å²) < 4.78 is 11.6. The van der Waals surface area contributed by atoms with Crippen molar-refractivity contribution in [3.8, 4) is 0 Å². The summed E-state index contributed by atoms with van der Waals surface area (Å²) in [7, 11) is 0. The van der Waals surface area contributed by atoms with E-state index in [1.54, 1.807) is 24.8 Å². The van der Waals surface area contributed by atoms with Crippen LogP contribution in [0.5, 0.6) is 0 Å². The zero-order chi connectivity index (χ0) is 25.7. The number of benzene rings is 1. The van der Waals surface area contributed by atoms with E-state index in [1.165, 1.54) is 0 Å². The molecule has 2 aromatic rings. The fraction of sp³-hybridized carbons (Fsp3) is 0.481. The summed E-state index contributed by atoms with van der Waals surface area (Å²) in [6.07, 6.45) is 4.37. The van der Waals surface area contributed by atoms with Crippen molar-refractivity contribution < 1.29 is 23.6 Å². The zero-order valence-corrected chi connectivity index (χ0v) is 21.0. The van der Waals surface area contributed by atoms with E-state index in [1.807, 2.05) is 42.5 Å². The molecule has 2 saturated heterocycles. The number of likely N-dealkylation sites (tertiary alicyclic amines) is 1. The average molecular weight is 493 g/mol. The van der Waals surface area contributed by atoms with Crippen molar-refractivity contribution >= 4 is 23.5 Å². The summed E-state index contributed by atoms with van der Waals surface area (Å²) in [4.78, 5) is 42.7. The van der Waals surface area contributed by atoms with Crippen molar-refractivity contribution in [3.63, 3.8) is 0 Å². The standard InChI is InChI=1S/C27H32N4O5/c1-16(2)10-13-31-22(24(33)28-15-18-8-6-5-7-9-18)27-12-11-26(4,36-27)20(21(27)25(31)34)23(32)29-19-14-17(3)35-30-19/h5-9,11-12,14,16,20-22H,10,13,15H2,1-4H3,(H,28,33)(H,29,30,32). The van der Waals surface area contributed by atoms with E-state index in [9.17, 15) is 14.4 Å². The number of aryl methyl sites for hydroxylation is 1. The number of nitrogens with one attached hydrogen (secondary N) is 2. The smallest absolute Gasteiger partial charge is 0.246 e. The van der Waals surface area contributed by atoms with E-state index in [0.717, 1.165) is 12.0 Å². The van der Waals surface area contributed by atoms with Gasteiger partial charge in [0.1, 0.15) is 17.4 Å². The maximum atomic E-state index is 13.9. The van der Waals surface area contributed by atoms with Crippen molar-refractivity contribution in [3.05, 3.63) is 59.9 Å². The van der Waals surface area contributed by atoms with Gasteiger partial charge in [-0.3, -0.25) is 14.4 Å². The monoisotopic (exact) mass is 492 g/mol. The molecular formula is C27H32N4O5. The highest BCUT2D eigenvalue weighted by atomic mass is 16.5. The van der Waals surface area contributed by atoms with Gasteiger partial charge < -0.3 is 24.8 Å². The Bertz CT molecular complexity index is 1210. The molecule has 2 N–H and O–H groups in total. The molecule has 36 heavy (non-hydrogen) atoms. The fourth-order valence-electron chi connectivity index (χ4n) is 5.78. The number of ether oxygens (including phenoxy) is 1. The van der Waals surface area contributed by atoms with Gasteiger partial charge in [-0.1, -0.05) is 61.5 Å². The van der Waals surface area contributed by atoms with Gasteiger partial charge in [-0.05, 0) is 31.7 Å². The third-order valence-corrected chi connectivity index (χ3v) is 7.46. The summed E-state index contributed by atoms with van der Waals surface area (Å²) in [6.45, 7) is 8.41. The molecular weight excluding hydrogens is 460 g/mol. The van der Waals surface area contributed by atoms with Gasteiger partial charge in [-0.15, -0.1) is 0 Å². The van der Waals surface area contributed by atoms with Crippen molar-refractivity contribution in [2.24, 2.45) is 17.8 Å². The molecule has 5 unspecified atom stereocenters. The number of fused-ring (bicyclic) bond motifs is 1. The van der Waals surface area contributed by atoms with Crippen LogP contribution in [-0.4, -0.2) is 51.6 Å². The van der Waals surface area contributed by atoms with Crippen molar-refractivity contribution in [1.82, 2.24) is 15.4 Å². The summed E-state index contributed by atoms with van der Waals surface area (Å²) in [5.41, 5.74) is -1.28. The number of anilines is 1. The van der Waals surface area contributed by atoms with Crippen LogP contribution in [0.4, 0.5) is 5.82 Å². The van der Waals surface area contributed by atoms with E-state index in [2.05, 4.69) is 29.6 Å². The molecule has 3 aliphatic rings. The van der Waals surface area contributed by atoms with Crippen LogP contribution in [0.1, 0.15) is 38.5 Å². The number of hydrogen-bond acceptors (Lipinski definition) is 6. The third-order valence-electron chi connectivity index (χ3n) is 7.46. The number of carbonyl (C=O) groups is 3. The molecule has 2 fully saturated rings. The van der Waals surface area contributed by atoms with Crippen LogP contribution in [0.2, 0.25) is 0 Å². The molecule has 2 bridgehead atoms. The summed E-state index contributed by atoms with van der Waals surface area (Å²) in [6, 6.07) is 10.3. The molecule has 9 nitrogen and oxygen atoms in total. The van der Waals surface area contributed by atoms with Crippen LogP contribution in [0, 0.1) is 24.7 Å². The van der Waals surface area contributed by atoms with Gasteiger partial charge >= 0.3 is 0 Å². The van der Waals surface area contributed by atoms with Crippen molar-refractivity contribution in [2.75, 3.05) is 11.9 Å². The third kappa shape index (κ3) is 3.91. The Hall–Kier alpha value is -3.46. The molecule has 0 saturated carbocycles. The van der Waals surface area contributed by atoms with Crippen LogP contribution in [0.15, 0.2) is 53.1 Å². The van der Waals surface area contributed by atoms with Gasteiger partial charge in [-0.25, -0.2) is 0 Å². The van der Waals surface area contributed by atoms with Crippen LogP contribution in [-0.2, 0) is 25.7 Å². The molecule has 1 aromatic heterocycles. The second-order valence-corrected chi connectivity index (χ2v) is 10.6. The molecule has 0 aliphatic carbocycles. The van der Waals surface area contributed by atoms with Crippen LogP contribution in [0.25, 0.3) is 0 Å².